The molecule has 2 aromatic rings. The second-order valence-corrected chi connectivity index (χ2v) is 4.41. The summed E-state index contributed by atoms with van der Waals surface area (Å²) in [7, 11) is 0. The largest absolute Gasteiger partial charge is 0.395 e. The third-order valence-corrected chi connectivity index (χ3v) is 2.82. The first-order valence-corrected chi connectivity index (χ1v) is 6.35. The number of para-hydroxylation sites is 2. The third kappa shape index (κ3) is 4.54. The van der Waals surface area contributed by atoms with Crippen LogP contribution in [0.3, 0.4) is 0 Å². The van der Waals surface area contributed by atoms with Crippen LogP contribution >= 0.6 is 35.4 Å². The lowest BCUT2D eigenvalue weighted by molar-refractivity contribution is 0.630. The van der Waals surface area contributed by atoms with Gasteiger partial charge in [-0.15, -0.1) is 0 Å². The van der Waals surface area contributed by atoms with Gasteiger partial charge in [0.2, 0.25) is 0 Å². The van der Waals surface area contributed by atoms with E-state index in [0.717, 1.165) is 0 Å². The van der Waals surface area contributed by atoms with Gasteiger partial charge < -0.3 is 5.73 Å². The van der Waals surface area contributed by atoms with Gasteiger partial charge in [0.15, 0.2) is 5.82 Å². The van der Waals surface area contributed by atoms with E-state index in [1.54, 1.807) is 6.07 Å². The summed E-state index contributed by atoms with van der Waals surface area (Å²) < 4.78 is 25.1. The third-order valence-electron chi connectivity index (χ3n) is 2.09. The molecule has 0 aliphatic rings. The van der Waals surface area contributed by atoms with Crippen LogP contribution in [0.4, 0.5) is 20.2 Å². The molecule has 0 aliphatic carbocycles. The van der Waals surface area contributed by atoms with E-state index in [0.29, 0.717) is 0 Å². The number of nitrogen functional groups attached to an aromatic ring is 1. The average Bonchev–Trinajstić information content (AvgIpc) is 2.41. The Hall–Kier alpha value is -1.52. The summed E-state index contributed by atoms with van der Waals surface area (Å²) in [4.78, 5) is 3.46. The molecule has 0 bridgehead atoms. The molecule has 0 heterocycles. The molecule has 0 spiro atoms. The summed E-state index contributed by atoms with van der Waals surface area (Å²) in [5.74, 6) is -0.961. The van der Waals surface area contributed by atoms with E-state index in [4.69, 9.17) is 28.9 Å². The number of nitrogens with zero attached hydrogens (tertiary/aromatic N) is 1. The zero-order chi connectivity index (χ0) is 15.1. The number of thiocarbonyl (C=S) groups is 1. The first-order chi connectivity index (χ1) is 9.47. The van der Waals surface area contributed by atoms with Gasteiger partial charge in [0, 0.05) is 0 Å². The molecule has 2 rings (SSSR count). The van der Waals surface area contributed by atoms with Crippen molar-refractivity contribution in [3.8, 4) is 0 Å². The van der Waals surface area contributed by atoms with Gasteiger partial charge in [0.1, 0.15) is 11.5 Å². The molecule has 0 aliphatic heterocycles. The number of hydrogen-bond acceptors (Lipinski definition) is 3. The Bertz CT molecular complexity index is 618. The summed E-state index contributed by atoms with van der Waals surface area (Å²) in [6.07, 6.45) is 0. The first kappa shape index (κ1) is 16.5. The highest BCUT2D eigenvalue weighted by molar-refractivity contribution is 7.78. The van der Waals surface area contributed by atoms with Crippen molar-refractivity contribution < 1.29 is 8.78 Å². The zero-order valence-corrected chi connectivity index (χ0v) is 12.2. The van der Waals surface area contributed by atoms with Crippen molar-refractivity contribution in [2.24, 2.45) is 4.99 Å². The van der Waals surface area contributed by atoms with Crippen LogP contribution in [0.1, 0.15) is 0 Å². The van der Waals surface area contributed by atoms with Crippen molar-refractivity contribution in [1.29, 1.82) is 0 Å². The number of hydrogen-bond donors (Lipinski definition) is 1. The molecule has 0 amide bonds. The second-order valence-electron chi connectivity index (χ2n) is 3.41. The topological polar surface area (TPSA) is 38.4 Å². The minimum atomic E-state index is -0.491. The van der Waals surface area contributed by atoms with Crippen molar-refractivity contribution in [1.82, 2.24) is 0 Å². The van der Waals surface area contributed by atoms with Gasteiger partial charge in [-0.25, -0.2) is 8.78 Å². The van der Waals surface area contributed by atoms with Crippen molar-refractivity contribution in [3.63, 3.8) is 0 Å². The van der Waals surface area contributed by atoms with Crippen LogP contribution in [0.15, 0.2) is 41.4 Å². The van der Waals surface area contributed by atoms with Gasteiger partial charge in [-0.3, -0.25) is 0 Å². The van der Waals surface area contributed by atoms with Crippen molar-refractivity contribution in [2.75, 3.05) is 5.73 Å². The molecule has 20 heavy (non-hydrogen) atoms. The molecule has 7 heteroatoms. The number of nitrogens with two attached hydrogens (primary N) is 1. The van der Waals surface area contributed by atoms with E-state index in [1.165, 1.54) is 30.3 Å². The van der Waals surface area contributed by atoms with Crippen LogP contribution in [0.5, 0.6) is 0 Å². The average molecular weight is 333 g/mol. The molecule has 2 nitrogen and oxygen atoms in total. The molecule has 0 radical (unpaired) electrons. The fraction of sp³-hybridized carbons (Fsp3) is 0. The Labute approximate surface area is 129 Å². The molecule has 0 unspecified atom stereocenters. The lowest BCUT2D eigenvalue weighted by Gasteiger charge is -1.95. The molecule has 0 fully saturated rings. The number of halogens is 4. The molecule has 104 valence electrons. The van der Waals surface area contributed by atoms with Gasteiger partial charge in [-0.1, -0.05) is 35.3 Å². The monoisotopic (exact) mass is 332 g/mol. The lowest BCUT2D eigenvalue weighted by Crippen LogP contribution is -1.89. The quantitative estimate of drug-likeness (QED) is 0.438. The molecular weight excluding hydrogens is 325 g/mol. The standard InChI is InChI=1S/C7H3ClFNS.C6H5ClFN/c8-5-2-1-3-6(9)7(5)10-4-11;7-4-2-1-3-5(8)6(4)9/h1-3H;1-3H,9H2. The van der Waals surface area contributed by atoms with E-state index in [2.05, 4.69) is 17.2 Å². The molecule has 0 atom stereocenters. The molecular formula is C13H8Cl2F2N2S. The van der Waals surface area contributed by atoms with Crippen LogP contribution in [0.25, 0.3) is 0 Å². The van der Waals surface area contributed by atoms with Crippen LogP contribution in [0.2, 0.25) is 10.0 Å². The fourth-order valence-electron chi connectivity index (χ4n) is 1.15. The minimum Gasteiger partial charge on any atom is -0.395 e. The van der Waals surface area contributed by atoms with Crippen molar-refractivity contribution in [3.05, 3.63) is 58.1 Å². The van der Waals surface area contributed by atoms with Gasteiger partial charge >= 0.3 is 0 Å². The van der Waals surface area contributed by atoms with Crippen molar-refractivity contribution >= 4 is 52.0 Å². The van der Waals surface area contributed by atoms with E-state index < -0.39 is 11.6 Å². The molecule has 0 aromatic heterocycles. The molecule has 2 aromatic carbocycles. The molecule has 0 saturated carbocycles. The van der Waals surface area contributed by atoms with Gasteiger partial charge in [-0.05, 0) is 36.5 Å². The number of isothiocyanates is 1. The summed E-state index contributed by atoms with van der Waals surface area (Å²) in [6.45, 7) is 0. The summed E-state index contributed by atoms with van der Waals surface area (Å²) in [5, 5.41) is 2.55. The van der Waals surface area contributed by atoms with Crippen LogP contribution < -0.4 is 5.73 Å². The van der Waals surface area contributed by atoms with E-state index in [9.17, 15) is 8.78 Å². The number of rotatable bonds is 1. The molecule has 2 N–H and O–H groups in total. The fourth-order valence-corrected chi connectivity index (χ4v) is 1.61. The Morgan fingerprint density at radius 1 is 1.00 bits per heavy atom. The second kappa shape index (κ2) is 7.92. The van der Waals surface area contributed by atoms with E-state index >= 15 is 0 Å². The number of benzene rings is 2. The van der Waals surface area contributed by atoms with Gasteiger partial charge in [0.05, 0.1) is 20.9 Å². The number of anilines is 1. The van der Waals surface area contributed by atoms with E-state index in [1.807, 2.05) is 5.16 Å². The number of aliphatic imine (C=N–C) groups is 1. The Morgan fingerprint density at radius 3 is 2.00 bits per heavy atom. The Morgan fingerprint density at radius 2 is 1.55 bits per heavy atom. The zero-order valence-electron chi connectivity index (χ0n) is 9.91. The highest BCUT2D eigenvalue weighted by Gasteiger charge is 2.03. The first-order valence-electron chi connectivity index (χ1n) is 5.18. The van der Waals surface area contributed by atoms with Crippen LogP contribution in [-0.4, -0.2) is 5.16 Å². The highest BCUT2D eigenvalue weighted by Crippen LogP contribution is 2.26. The lowest BCUT2D eigenvalue weighted by atomic mass is 10.3. The maximum Gasteiger partial charge on any atom is 0.151 e. The Kier molecular flexibility index (Phi) is 6.55. The maximum atomic E-state index is 12.8. The summed E-state index contributed by atoms with van der Waals surface area (Å²) in [6, 6.07) is 8.61. The summed E-state index contributed by atoms with van der Waals surface area (Å²) >= 11 is 15.3. The van der Waals surface area contributed by atoms with E-state index in [-0.39, 0.29) is 21.4 Å². The van der Waals surface area contributed by atoms with Crippen molar-refractivity contribution in [2.45, 2.75) is 0 Å². The minimum absolute atomic E-state index is 0.0131. The predicted octanol–water partition coefficient (Wildman–Crippen LogP) is 5.27. The van der Waals surface area contributed by atoms with Gasteiger partial charge in [0.25, 0.3) is 0 Å². The van der Waals surface area contributed by atoms with Crippen LogP contribution in [-0.2, 0) is 0 Å². The predicted molar refractivity (Wildman–Crippen MR) is 81.9 cm³/mol. The molecule has 0 saturated heterocycles. The normalized spacial score (nSPS) is 9.20. The highest BCUT2D eigenvalue weighted by atomic mass is 35.5. The Balaban J connectivity index is 0.000000204. The van der Waals surface area contributed by atoms with Crippen LogP contribution in [0, 0.1) is 11.6 Å². The summed E-state index contributed by atoms with van der Waals surface area (Å²) in [5.41, 5.74) is 5.23. The SMILES string of the molecule is Fc1cccc(Cl)c1N=C=S.Nc1c(F)cccc1Cl. The van der Waals surface area contributed by atoms with Gasteiger partial charge in [-0.2, -0.15) is 4.99 Å². The maximum absolute atomic E-state index is 12.8. The smallest absolute Gasteiger partial charge is 0.151 e.